The summed E-state index contributed by atoms with van der Waals surface area (Å²) in [5, 5.41) is 0. The van der Waals surface area contributed by atoms with Gasteiger partial charge in [-0.3, -0.25) is 0 Å². The lowest BCUT2D eigenvalue weighted by Gasteiger charge is -1.95. The molecule has 0 saturated carbocycles. The summed E-state index contributed by atoms with van der Waals surface area (Å²) in [4.78, 5) is 6.61. The zero-order valence-electron chi connectivity index (χ0n) is 5.01. The molecule has 1 aromatic rings. The van der Waals surface area contributed by atoms with Gasteiger partial charge < -0.3 is 10.7 Å². The molecular formula is C6H11N3S. The smallest absolute Gasteiger partial charge is 0.152 e. The highest BCUT2D eigenvalue weighted by molar-refractivity contribution is 7.71. The number of nitrogen functional groups attached to an aromatic ring is 1. The number of hydrogen-bond donors (Lipinski definition) is 2. The zero-order chi connectivity index (χ0) is 6.85. The first kappa shape index (κ1) is 9.10. The molecule has 10 heavy (non-hydrogen) atoms. The van der Waals surface area contributed by atoms with Crippen molar-refractivity contribution in [3.05, 3.63) is 16.7 Å². The molecule has 0 aliphatic heterocycles. The Hall–Kier alpha value is -0.900. The molecular weight excluding hydrogens is 146 g/mol. The van der Waals surface area contributed by atoms with Crippen LogP contribution in [0.15, 0.2) is 6.33 Å². The summed E-state index contributed by atoms with van der Waals surface area (Å²) in [5.41, 5.74) is 6.92. The van der Waals surface area contributed by atoms with Crippen LogP contribution in [-0.2, 0) is 0 Å². The fourth-order valence-corrected chi connectivity index (χ4v) is 0.701. The molecule has 1 rings (SSSR count). The van der Waals surface area contributed by atoms with Crippen LogP contribution in [-0.4, -0.2) is 9.97 Å². The number of rotatable bonds is 0. The molecule has 0 bridgehead atoms. The van der Waals surface area contributed by atoms with Gasteiger partial charge in [-0.25, -0.2) is 4.98 Å². The van der Waals surface area contributed by atoms with Gasteiger partial charge in [0, 0.05) is 5.69 Å². The Kier molecular flexibility index (Phi) is 3.02. The lowest BCUT2D eigenvalue weighted by atomic mass is 10.4. The highest BCUT2D eigenvalue weighted by Gasteiger charge is 1.91. The minimum atomic E-state index is 0. The van der Waals surface area contributed by atoms with E-state index in [1.54, 1.807) is 0 Å². The predicted octanol–water partition coefficient (Wildman–Crippen LogP) is 1.67. The van der Waals surface area contributed by atoms with Crippen molar-refractivity contribution >= 4 is 17.9 Å². The van der Waals surface area contributed by atoms with E-state index in [0.717, 1.165) is 5.69 Å². The standard InChI is InChI=1S/C5H7N3S.CH4/c1-3-4(6)5(9)8-2-7-3;/h2H,6H2,1H3,(H,7,8,9);1H4. The third kappa shape index (κ3) is 1.54. The fraction of sp³-hybridized carbons (Fsp3) is 0.333. The Labute approximate surface area is 65.3 Å². The summed E-state index contributed by atoms with van der Waals surface area (Å²) in [6.07, 6.45) is 1.54. The molecule has 1 heterocycles. The van der Waals surface area contributed by atoms with Crippen molar-refractivity contribution in [1.29, 1.82) is 0 Å². The lowest BCUT2D eigenvalue weighted by Crippen LogP contribution is -1.94. The maximum absolute atomic E-state index is 5.48. The molecule has 0 atom stereocenters. The maximum Gasteiger partial charge on any atom is 0.152 e. The Morgan fingerprint density at radius 2 is 2.30 bits per heavy atom. The van der Waals surface area contributed by atoms with Crippen LogP contribution in [0.3, 0.4) is 0 Å². The monoisotopic (exact) mass is 157 g/mol. The molecule has 3 N–H and O–H groups in total. The van der Waals surface area contributed by atoms with Gasteiger partial charge in [0.05, 0.1) is 12.0 Å². The molecule has 3 nitrogen and oxygen atoms in total. The van der Waals surface area contributed by atoms with E-state index in [9.17, 15) is 0 Å². The lowest BCUT2D eigenvalue weighted by molar-refractivity contribution is 1.10. The summed E-state index contributed by atoms with van der Waals surface area (Å²) in [6.45, 7) is 1.85. The topological polar surface area (TPSA) is 54.7 Å². The normalized spacial score (nSPS) is 8.50. The quantitative estimate of drug-likeness (QED) is 0.563. The molecule has 56 valence electrons. The van der Waals surface area contributed by atoms with Crippen molar-refractivity contribution in [2.45, 2.75) is 14.4 Å². The highest BCUT2D eigenvalue weighted by Crippen LogP contribution is 2.04. The summed E-state index contributed by atoms with van der Waals surface area (Å²) in [6, 6.07) is 0. The van der Waals surface area contributed by atoms with Gasteiger partial charge in [0.1, 0.15) is 0 Å². The van der Waals surface area contributed by atoms with E-state index in [2.05, 4.69) is 9.97 Å². The van der Waals surface area contributed by atoms with Crippen molar-refractivity contribution in [3.63, 3.8) is 0 Å². The van der Waals surface area contributed by atoms with Crippen LogP contribution in [0.2, 0.25) is 0 Å². The largest absolute Gasteiger partial charge is 0.395 e. The number of H-pyrrole nitrogens is 1. The number of nitrogens with one attached hydrogen (secondary N) is 1. The molecule has 0 aliphatic rings. The van der Waals surface area contributed by atoms with Crippen LogP contribution >= 0.6 is 12.2 Å². The Bertz CT molecular complexity index is 266. The van der Waals surface area contributed by atoms with Gasteiger partial charge >= 0.3 is 0 Å². The van der Waals surface area contributed by atoms with Gasteiger partial charge in [0.2, 0.25) is 0 Å². The molecule has 0 amide bonds. The average Bonchev–Trinajstić information content (AvgIpc) is 1.83. The van der Waals surface area contributed by atoms with Crippen molar-refractivity contribution in [3.8, 4) is 0 Å². The first-order valence-corrected chi connectivity index (χ1v) is 2.92. The first-order chi connectivity index (χ1) is 4.22. The SMILES string of the molecule is C.Cc1[nH]cnc(=S)c1N. The second-order valence-electron chi connectivity index (χ2n) is 1.75. The second-order valence-corrected chi connectivity index (χ2v) is 2.13. The molecule has 0 aromatic carbocycles. The van der Waals surface area contributed by atoms with Gasteiger partial charge in [-0.15, -0.1) is 0 Å². The molecule has 0 spiro atoms. The van der Waals surface area contributed by atoms with E-state index in [0.29, 0.717) is 10.3 Å². The summed E-state index contributed by atoms with van der Waals surface area (Å²) in [7, 11) is 0. The third-order valence-electron chi connectivity index (χ3n) is 1.10. The van der Waals surface area contributed by atoms with Crippen molar-refractivity contribution < 1.29 is 0 Å². The Morgan fingerprint density at radius 3 is 2.70 bits per heavy atom. The van der Waals surface area contributed by atoms with E-state index in [-0.39, 0.29) is 7.43 Å². The maximum atomic E-state index is 5.48. The van der Waals surface area contributed by atoms with Crippen LogP contribution in [0.1, 0.15) is 13.1 Å². The van der Waals surface area contributed by atoms with E-state index in [1.165, 1.54) is 6.33 Å². The average molecular weight is 157 g/mol. The van der Waals surface area contributed by atoms with Crippen LogP contribution in [0.5, 0.6) is 0 Å². The molecule has 0 radical (unpaired) electrons. The fourth-order valence-electron chi connectivity index (χ4n) is 0.495. The number of aryl methyl sites for hydroxylation is 1. The van der Waals surface area contributed by atoms with E-state index in [4.69, 9.17) is 18.0 Å². The number of nitrogens with two attached hydrogens (primary N) is 1. The molecule has 0 aliphatic carbocycles. The number of aromatic nitrogens is 2. The summed E-state index contributed by atoms with van der Waals surface area (Å²) < 4.78 is 0.464. The minimum absolute atomic E-state index is 0. The third-order valence-corrected chi connectivity index (χ3v) is 1.42. The van der Waals surface area contributed by atoms with Crippen molar-refractivity contribution in [1.82, 2.24) is 9.97 Å². The molecule has 0 saturated heterocycles. The van der Waals surface area contributed by atoms with Gasteiger partial charge in [0.25, 0.3) is 0 Å². The van der Waals surface area contributed by atoms with Gasteiger partial charge in [-0.1, -0.05) is 19.6 Å². The first-order valence-electron chi connectivity index (χ1n) is 2.51. The van der Waals surface area contributed by atoms with Crippen LogP contribution < -0.4 is 5.73 Å². The van der Waals surface area contributed by atoms with E-state index in [1.807, 2.05) is 6.92 Å². The molecule has 4 heteroatoms. The highest BCUT2D eigenvalue weighted by atomic mass is 32.1. The van der Waals surface area contributed by atoms with E-state index < -0.39 is 0 Å². The minimum Gasteiger partial charge on any atom is -0.395 e. The predicted molar refractivity (Wildman–Crippen MR) is 45.3 cm³/mol. The molecule has 0 fully saturated rings. The van der Waals surface area contributed by atoms with Crippen LogP contribution in [0.25, 0.3) is 0 Å². The van der Waals surface area contributed by atoms with Gasteiger partial charge in [-0.2, -0.15) is 0 Å². The van der Waals surface area contributed by atoms with Crippen LogP contribution in [0, 0.1) is 11.6 Å². The number of aromatic amines is 1. The molecule has 0 unspecified atom stereocenters. The second kappa shape index (κ2) is 3.31. The van der Waals surface area contributed by atoms with Gasteiger partial charge in [-0.05, 0) is 6.92 Å². The Balaban J connectivity index is 0.000000810. The van der Waals surface area contributed by atoms with Crippen molar-refractivity contribution in [2.75, 3.05) is 5.73 Å². The van der Waals surface area contributed by atoms with E-state index >= 15 is 0 Å². The van der Waals surface area contributed by atoms with Crippen molar-refractivity contribution in [2.24, 2.45) is 0 Å². The van der Waals surface area contributed by atoms with Gasteiger partial charge in [0.15, 0.2) is 4.64 Å². The number of nitrogens with zero attached hydrogens (tertiary/aromatic N) is 1. The summed E-state index contributed by atoms with van der Waals surface area (Å²) >= 11 is 4.78. The number of hydrogen-bond acceptors (Lipinski definition) is 3. The van der Waals surface area contributed by atoms with Crippen LogP contribution in [0.4, 0.5) is 5.69 Å². The number of anilines is 1. The zero-order valence-corrected chi connectivity index (χ0v) is 5.83. The molecule has 1 aromatic heterocycles. The summed E-state index contributed by atoms with van der Waals surface area (Å²) in [5.74, 6) is 0. The Morgan fingerprint density at radius 1 is 1.70 bits per heavy atom.